The Hall–Kier alpha value is -1.05. The molecular formula is C20H25ClN. The minimum Gasteiger partial charge on any atom is -0.295 e. The lowest BCUT2D eigenvalue weighted by atomic mass is 9.72. The summed E-state index contributed by atoms with van der Waals surface area (Å²) in [5.74, 6) is 0. The largest absolute Gasteiger partial charge is 0.295 e. The van der Waals surface area contributed by atoms with E-state index in [-0.39, 0.29) is 0 Å². The number of allylic oxidation sites excluding steroid dienone is 1. The highest BCUT2D eigenvalue weighted by Gasteiger charge is 2.28. The number of halogens is 1. The Bertz CT molecular complexity index is 580. The van der Waals surface area contributed by atoms with Crippen LogP contribution in [0.4, 0.5) is 0 Å². The maximum atomic E-state index is 6.05. The van der Waals surface area contributed by atoms with Crippen molar-refractivity contribution in [2.45, 2.75) is 39.5 Å². The average molecular weight is 315 g/mol. The molecule has 0 saturated carbocycles. The van der Waals surface area contributed by atoms with Crippen LogP contribution in [0.3, 0.4) is 0 Å². The predicted molar refractivity (Wildman–Crippen MR) is 94.9 cm³/mol. The molecule has 0 aromatic heterocycles. The molecule has 2 aliphatic rings. The van der Waals surface area contributed by atoms with Gasteiger partial charge in [-0.05, 0) is 60.4 Å². The minimum absolute atomic E-state index is 0.420. The lowest BCUT2D eigenvalue weighted by Crippen LogP contribution is -2.32. The van der Waals surface area contributed by atoms with Crippen molar-refractivity contribution in [2.24, 2.45) is 5.41 Å². The molecule has 0 spiro atoms. The second-order valence-corrected chi connectivity index (χ2v) is 7.76. The molecular weight excluding hydrogens is 290 g/mol. The Labute approximate surface area is 139 Å². The SMILES string of the molecule is CC1(C)CCC(c2ccc(Cl)cc2)=C(CN2CC=[C]CC2)C1. The van der Waals surface area contributed by atoms with Gasteiger partial charge in [0.15, 0.2) is 0 Å². The highest BCUT2D eigenvalue weighted by molar-refractivity contribution is 6.30. The third kappa shape index (κ3) is 3.83. The topological polar surface area (TPSA) is 3.24 Å². The number of rotatable bonds is 3. The molecule has 2 heteroatoms. The van der Waals surface area contributed by atoms with Crippen molar-refractivity contribution in [2.75, 3.05) is 19.6 Å². The molecule has 0 bridgehead atoms. The summed E-state index contributed by atoms with van der Waals surface area (Å²) in [6, 6.07) is 8.39. The van der Waals surface area contributed by atoms with E-state index in [2.05, 4.69) is 43.0 Å². The van der Waals surface area contributed by atoms with E-state index in [1.54, 1.807) is 11.1 Å². The Morgan fingerprint density at radius 1 is 1.23 bits per heavy atom. The van der Waals surface area contributed by atoms with Gasteiger partial charge in [0.2, 0.25) is 0 Å². The second kappa shape index (κ2) is 6.60. The van der Waals surface area contributed by atoms with Crippen molar-refractivity contribution in [3.8, 4) is 0 Å². The molecule has 3 rings (SSSR count). The zero-order valence-corrected chi connectivity index (χ0v) is 14.4. The summed E-state index contributed by atoms with van der Waals surface area (Å²) in [7, 11) is 0. The van der Waals surface area contributed by atoms with Crippen LogP contribution in [0.5, 0.6) is 0 Å². The molecule has 1 nitrogen and oxygen atoms in total. The molecule has 1 aromatic rings. The zero-order valence-electron chi connectivity index (χ0n) is 13.7. The molecule has 0 amide bonds. The van der Waals surface area contributed by atoms with Gasteiger partial charge in [-0.3, -0.25) is 4.90 Å². The fourth-order valence-electron chi connectivity index (χ4n) is 3.59. The molecule has 0 unspecified atom stereocenters. The normalized spacial score (nSPS) is 22.1. The van der Waals surface area contributed by atoms with Gasteiger partial charge in [-0.1, -0.05) is 49.2 Å². The lowest BCUT2D eigenvalue weighted by molar-refractivity contribution is 0.280. The second-order valence-electron chi connectivity index (χ2n) is 7.32. The fraction of sp³-hybridized carbons (Fsp3) is 0.500. The van der Waals surface area contributed by atoms with Crippen molar-refractivity contribution in [3.63, 3.8) is 0 Å². The van der Waals surface area contributed by atoms with E-state index in [9.17, 15) is 0 Å². The van der Waals surface area contributed by atoms with Crippen molar-refractivity contribution in [1.29, 1.82) is 0 Å². The van der Waals surface area contributed by atoms with Gasteiger partial charge in [0, 0.05) is 24.7 Å². The first-order valence-electron chi connectivity index (χ1n) is 8.28. The van der Waals surface area contributed by atoms with Gasteiger partial charge in [0.1, 0.15) is 0 Å². The van der Waals surface area contributed by atoms with Crippen LogP contribution in [0.25, 0.3) is 5.57 Å². The monoisotopic (exact) mass is 314 g/mol. The molecule has 0 fully saturated rings. The maximum Gasteiger partial charge on any atom is 0.0406 e. The standard InChI is InChI=1S/C20H25ClN/c1-20(2)11-10-19(16-6-8-18(21)9-7-16)17(14-20)15-22-12-4-3-5-13-22/h4,6-9H,5,10-15H2,1-2H3. The van der Waals surface area contributed by atoms with Crippen molar-refractivity contribution < 1.29 is 0 Å². The van der Waals surface area contributed by atoms with Crippen LogP contribution in [0.15, 0.2) is 35.9 Å². The number of benzene rings is 1. The van der Waals surface area contributed by atoms with Gasteiger partial charge in [0.05, 0.1) is 0 Å². The predicted octanol–water partition coefficient (Wildman–Crippen LogP) is 5.37. The molecule has 22 heavy (non-hydrogen) atoms. The Morgan fingerprint density at radius 2 is 2.00 bits per heavy atom. The molecule has 0 N–H and O–H groups in total. The van der Waals surface area contributed by atoms with Crippen LogP contribution in [-0.2, 0) is 0 Å². The first-order valence-corrected chi connectivity index (χ1v) is 8.66. The number of hydrogen-bond donors (Lipinski definition) is 0. The molecule has 1 aliphatic carbocycles. The molecule has 0 atom stereocenters. The van der Waals surface area contributed by atoms with Gasteiger partial charge >= 0.3 is 0 Å². The van der Waals surface area contributed by atoms with Crippen LogP contribution in [0.1, 0.15) is 45.1 Å². The van der Waals surface area contributed by atoms with E-state index in [0.717, 1.165) is 31.1 Å². The van der Waals surface area contributed by atoms with Crippen LogP contribution < -0.4 is 0 Å². The van der Waals surface area contributed by atoms with Gasteiger partial charge in [-0.2, -0.15) is 0 Å². The van der Waals surface area contributed by atoms with Gasteiger partial charge in [-0.15, -0.1) is 0 Å². The van der Waals surface area contributed by atoms with E-state index in [1.165, 1.54) is 24.8 Å². The summed E-state index contributed by atoms with van der Waals surface area (Å²) < 4.78 is 0. The first-order chi connectivity index (χ1) is 10.5. The van der Waals surface area contributed by atoms with Crippen LogP contribution in [-0.4, -0.2) is 24.5 Å². The van der Waals surface area contributed by atoms with E-state index in [0.29, 0.717) is 5.41 Å². The highest BCUT2D eigenvalue weighted by atomic mass is 35.5. The molecule has 1 heterocycles. The third-order valence-corrected chi connectivity index (χ3v) is 5.10. The zero-order chi connectivity index (χ0) is 15.6. The lowest BCUT2D eigenvalue weighted by Gasteiger charge is -2.36. The van der Waals surface area contributed by atoms with Crippen molar-refractivity contribution in [3.05, 3.63) is 52.6 Å². The Balaban J connectivity index is 1.89. The van der Waals surface area contributed by atoms with Gasteiger partial charge in [-0.25, -0.2) is 0 Å². The summed E-state index contributed by atoms with van der Waals surface area (Å²) in [5, 5.41) is 0.818. The van der Waals surface area contributed by atoms with Gasteiger partial charge < -0.3 is 0 Å². The Morgan fingerprint density at radius 3 is 2.68 bits per heavy atom. The van der Waals surface area contributed by atoms with Crippen LogP contribution >= 0.6 is 11.6 Å². The summed E-state index contributed by atoms with van der Waals surface area (Å²) >= 11 is 6.05. The van der Waals surface area contributed by atoms with E-state index >= 15 is 0 Å². The molecule has 117 valence electrons. The summed E-state index contributed by atoms with van der Waals surface area (Å²) in [5.41, 5.74) is 4.95. The molecule has 1 aliphatic heterocycles. The summed E-state index contributed by atoms with van der Waals surface area (Å²) in [4.78, 5) is 2.54. The Kier molecular flexibility index (Phi) is 4.75. The fourth-order valence-corrected chi connectivity index (χ4v) is 3.71. The third-order valence-electron chi connectivity index (χ3n) is 4.84. The van der Waals surface area contributed by atoms with Crippen LogP contribution in [0.2, 0.25) is 5.02 Å². The number of nitrogens with zero attached hydrogens (tertiary/aromatic N) is 1. The number of hydrogen-bond acceptors (Lipinski definition) is 1. The summed E-state index contributed by atoms with van der Waals surface area (Å²) in [6.45, 7) is 8.07. The average Bonchev–Trinajstić information content (AvgIpc) is 2.49. The van der Waals surface area contributed by atoms with E-state index in [1.807, 2.05) is 12.1 Å². The van der Waals surface area contributed by atoms with E-state index < -0.39 is 0 Å². The molecule has 1 aromatic carbocycles. The van der Waals surface area contributed by atoms with E-state index in [4.69, 9.17) is 11.6 Å². The maximum absolute atomic E-state index is 6.05. The van der Waals surface area contributed by atoms with Crippen molar-refractivity contribution >= 4 is 17.2 Å². The smallest absolute Gasteiger partial charge is 0.0406 e. The quantitative estimate of drug-likeness (QED) is 0.725. The molecule has 1 radical (unpaired) electrons. The minimum atomic E-state index is 0.420. The molecule has 0 saturated heterocycles. The first kappa shape index (κ1) is 15.8. The highest BCUT2D eigenvalue weighted by Crippen LogP contribution is 2.42. The van der Waals surface area contributed by atoms with Crippen LogP contribution in [0, 0.1) is 11.5 Å². The summed E-state index contributed by atoms with van der Waals surface area (Å²) in [6.07, 6.45) is 10.2. The van der Waals surface area contributed by atoms with Crippen molar-refractivity contribution in [1.82, 2.24) is 4.90 Å². The van der Waals surface area contributed by atoms with Gasteiger partial charge in [0.25, 0.3) is 0 Å².